The van der Waals surface area contributed by atoms with Crippen molar-refractivity contribution >= 4 is 0 Å². The zero-order chi connectivity index (χ0) is 10.6. The summed E-state index contributed by atoms with van der Waals surface area (Å²) in [6, 6.07) is 0. The molecule has 0 aromatic carbocycles. The van der Waals surface area contributed by atoms with Crippen LogP contribution in [0.3, 0.4) is 0 Å². The van der Waals surface area contributed by atoms with E-state index in [-0.39, 0.29) is 33.5 Å². The number of nitrogens with one attached hydrogen (secondary N) is 2. The Morgan fingerprint density at radius 3 is 0.923 bits per heavy atom. The van der Waals surface area contributed by atoms with Crippen LogP contribution in [-0.4, -0.2) is 23.3 Å². The number of nitrogens with zero attached hydrogens (tertiary/aromatic N) is 2. The fraction of sp³-hybridized carbons (Fsp3) is 1.00. The molecule has 0 amide bonds. The second-order valence-electron chi connectivity index (χ2n) is 0.947. The minimum Gasteiger partial charge on any atom is -0.679 e. The number of hydrogen-bond acceptors (Lipinski definition) is 6. The largest absolute Gasteiger partial charge is 2.00 e. The number of hydrogen-bond donors (Lipinski definition) is 0. The molecule has 0 atom stereocenters. The summed E-state index contributed by atoms with van der Waals surface area (Å²) in [7, 11) is 0. The maximum Gasteiger partial charge on any atom is 2.00 e. The van der Waals surface area contributed by atoms with Gasteiger partial charge in [0.2, 0.25) is 0 Å². The van der Waals surface area contributed by atoms with E-state index in [9.17, 15) is 0 Å². The Morgan fingerprint density at radius 2 is 0.923 bits per heavy atom. The van der Waals surface area contributed by atoms with Gasteiger partial charge in [-0.15, -0.1) is 0 Å². The van der Waals surface area contributed by atoms with Gasteiger partial charge < -0.3 is 42.1 Å². The number of rotatable bonds is 1. The van der Waals surface area contributed by atoms with Gasteiger partial charge in [-0.2, -0.15) is 13.1 Å². The standard InChI is InChI=1S/C2H6N2.2NO3.Pd/c3-1-2-4;2*2-1(3)4;/h3-4H,1-2H2;;;/q-2;2*-1;+2. The van der Waals surface area contributed by atoms with Crippen LogP contribution in [0.15, 0.2) is 0 Å². The van der Waals surface area contributed by atoms with Crippen LogP contribution in [0.4, 0.5) is 0 Å². The van der Waals surface area contributed by atoms with E-state index in [1.165, 1.54) is 0 Å². The van der Waals surface area contributed by atoms with Crippen molar-refractivity contribution in [3.63, 3.8) is 0 Å². The minimum atomic E-state index is -1.75. The summed E-state index contributed by atoms with van der Waals surface area (Å²) in [5, 5.41) is 29.5. The minimum absolute atomic E-state index is 0. The summed E-state index contributed by atoms with van der Waals surface area (Å²) in [6.07, 6.45) is 0. The second kappa shape index (κ2) is 22.4. The Balaban J connectivity index is -0.0000000450. The molecular formula is C2H6N4O6Pd-2. The van der Waals surface area contributed by atoms with Crippen molar-refractivity contribution in [2.45, 2.75) is 0 Å². The van der Waals surface area contributed by atoms with Crippen molar-refractivity contribution in [1.82, 2.24) is 0 Å². The smallest absolute Gasteiger partial charge is 0.679 e. The van der Waals surface area contributed by atoms with Gasteiger partial charge in [0.05, 0.1) is 10.2 Å². The van der Waals surface area contributed by atoms with E-state index in [4.69, 9.17) is 42.1 Å². The summed E-state index contributed by atoms with van der Waals surface area (Å²) in [5.41, 5.74) is 12.5. The van der Waals surface area contributed by atoms with Crippen molar-refractivity contribution < 1.29 is 30.6 Å². The third-order valence-corrected chi connectivity index (χ3v) is 0.125. The van der Waals surface area contributed by atoms with E-state index in [0.717, 1.165) is 0 Å². The molecule has 0 spiro atoms. The zero-order valence-corrected chi connectivity index (χ0v) is 7.63. The molecule has 0 aromatic rings. The third-order valence-electron chi connectivity index (χ3n) is 0.125. The van der Waals surface area contributed by atoms with E-state index in [0.29, 0.717) is 0 Å². The monoisotopic (exact) mass is 288 g/mol. The zero-order valence-electron chi connectivity index (χ0n) is 6.07. The summed E-state index contributed by atoms with van der Waals surface area (Å²) in [5.74, 6) is 0. The van der Waals surface area contributed by atoms with Crippen LogP contribution in [-0.2, 0) is 20.4 Å². The molecule has 0 aliphatic heterocycles. The quantitative estimate of drug-likeness (QED) is 0.387. The molecule has 0 fully saturated rings. The first-order valence-corrected chi connectivity index (χ1v) is 2.30. The Bertz CT molecular complexity index is 99.2. The van der Waals surface area contributed by atoms with Gasteiger partial charge in [0, 0.05) is 0 Å². The van der Waals surface area contributed by atoms with E-state index in [2.05, 4.69) is 0 Å². The molecule has 0 aliphatic carbocycles. The maximum atomic E-state index is 8.25. The predicted molar refractivity (Wildman–Crippen MR) is 39.1 cm³/mol. The molecule has 0 saturated heterocycles. The molecule has 0 unspecified atom stereocenters. The molecule has 0 saturated carbocycles. The molecule has 82 valence electrons. The maximum absolute atomic E-state index is 8.25. The van der Waals surface area contributed by atoms with E-state index < -0.39 is 10.2 Å². The van der Waals surface area contributed by atoms with Gasteiger partial charge in [-0.05, 0) is 0 Å². The fourth-order valence-electron chi connectivity index (χ4n) is 0. The Kier molecular flexibility index (Phi) is 39.2. The van der Waals surface area contributed by atoms with E-state index in [1.54, 1.807) is 0 Å². The topological polar surface area (TPSA) is 180 Å². The molecule has 0 aromatic heterocycles. The van der Waals surface area contributed by atoms with Crippen molar-refractivity contribution in [3.05, 3.63) is 42.1 Å². The van der Waals surface area contributed by atoms with Gasteiger partial charge in [0.25, 0.3) is 0 Å². The van der Waals surface area contributed by atoms with E-state index >= 15 is 0 Å². The average Bonchev–Trinajstić information content (AvgIpc) is 1.85. The first-order chi connectivity index (χ1) is 5.38. The van der Waals surface area contributed by atoms with Crippen LogP contribution >= 0.6 is 0 Å². The molecule has 0 bridgehead atoms. The van der Waals surface area contributed by atoms with Crippen molar-refractivity contribution in [2.75, 3.05) is 13.1 Å². The van der Waals surface area contributed by atoms with Crippen molar-refractivity contribution in [3.8, 4) is 0 Å². The molecule has 2 N–H and O–H groups in total. The summed E-state index contributed by atoms with van der Waals surface area (Å²) in [6.45, 7) is 0.472. The summed E-state index contributed by atoms with van der Waals surface area (Å²) >= 11 is 0. The Labute approximate surface area is 86.4 Å². The van der Waals surface area contributed by atoms with Gasteiger partial charge in [-0.25, -0.2) is 0 Å². The van der Waals surface area contributed by atoms with Crippen LogP contribution in [0.1, 0.15) is 0 Å². The Morgan fingerprint density at radius 1 is 0.846 bits per heavy atom. The normalized spacial score (nSPS) is 6.00. The molecule has 13 heavy (non-hydrogen) atoms. The first kappa shape index (κ1) is 22.7. The average molecular weight is 289 g/mol. The van der Waals surface area contributed by atoms with Gasteiger partial charge in [-0.1, -0.05) is 0 Å². The van der Waals surface area contributed by atoms with Gasteiger partial charge >= 0.3 is 20.4 Å². The molecule has 0 radical (unpaired) electrons. The molecule has 0 rings (SSSR count). The Hall–Kier alpha value is -1.02. The van der Waals surface area contributed by atoms with Crippen LogP contribution in [0, 0.1) is 30.6 Å². The van der Waals surface area contributed by atoms with Crippen LogP contribution in [0.25, 0.3) is 11.5 Å². The van der Waals surface area contributed by atoms with Crippen LogP contribution in [0.5, 0.6) is 0 Å². The summed E-state index contributed by atoms with van der Waals surface area (Å²) < 4.78 is 0. The molecule has 0 heterocycles. The predicted octanol–water partition coefficient (Wildman–Crippen LogP) is 0.610. The third kappa shape index (κ3) is 2840000. The van der Waals surface area contributed by atoms with Crippen molar-refractivity contribution in [2.24, 2.45) is 0 Å². The second-order valence-corrected chi connectivity index (χ2v) is 0.947. The van der Waals surface area contributed by atoms with Gasteiger partial charge in [0.1, 0.15) is 0 Å². The molecule has 10 nitrogen and oxygen atoms in total. The molecular weight excluding hydrogens is 282 g/mol. The fourth-order valence-corrected chi connectivity index (χ4v) is 0. The van der Waals surface area contributed by atoms with Crippen LogP contribution in [0.2, 0.25) is 0 Å². The van der Waals surface area contributed by atoms with Crippen LogP contribution < -0.4 is 0 Å². The molecule has 0 aliphatic rings. The van der Waals surface area contributed by atoms with Gasteiger partial charge in [-0.3, -0.25) is 0 Å². The molecule has 11 heteroatoms. The van der Waals surface area contributed by atoms with Crippen molar-refractivity contribution in [1.29, 1.82) is 0 Å². The van der Waals surface area contributed by atoms with Gasteiger partial charge in [0.15, 0.2) is 0 Å². The first-order valence-electron chi connectivity index (χ1n) is 2.30. The summed E-state index contributed by atoms with van der Waals surface area (Å²) in [4.78, 5) is 16.5. The SMILES string of the molecule is O=[N+]([O-])[O-].O=[N+]([O-])[O-].[NH-]CC[NH-].[Pd+2]. The van der Waals surface area contributed by atoms with E-state index in [1.807, 2.05) is 0 Å².